The molecule has 1 saturated heterocycles. The Hall–Kier alpha value is -3.23. The van der Waals surface area contributed by atoms with Crippen LogP contribution in [0.5, 0.6) is 0 Å². The lowest BCUT2D eigenvalue weighted by atomic mass is 10.2. The van der Waals surface area contributed by atoms with Crippen molar-refractivity contribution < 1.29 is 13.9 Å². The molecule has 1 aliphatic rings. The lowest BCUT2D eigenvalue weighted by Crippen LogP contribution is -2.44. The molecule has 1 aliphatic heterocycles. The van der Waals surface area contributed by atoms with Gasteiger partial charge in [0.05, 0.1) is 11.8 Å². The molecule has 1 atom stereocenters. The van der Waals surface area contributed by atoms with Gasteiger partial charge in [-0.25, -0.2) is 14.2 Å². The standard InChI is InChI=1S/C26H27FN4O2S/c27-21-10-8-20(9-11-21)24-17-31-22(18-34-26(31)29-24)12-13-30(16-23-7-4-14-33-23)25(32)28-15-19-5-2-1-3-6-19/h1-3,5-6,8-11,17-18,23H,4,7,12-16H2,(H,28,32). The van der Waals surface area contributed by atoms with Gasteiger partial charge in [0.1, 0.15) is 5.82 Å². The number of nitrogens with one attached hydrogen (secondary N) is 1. The first-order chi connectivity index (χ1) is 16.7. The number of urea groups is 1. The van der Waals surface area contributed by atoms with Gasteiger partial charge in [0, 0.05) is 55.5 Å². The lowest BCUT2D eigenvalue weighted by molar-refractivity contribution is 0.0814. The second-order valence-corrected chi connectivity index (χ2v) is 9.32. The Kier molecular flexibility index (Phi) is 6.87. The fraction of sp³-hybridized carbons (Fsp3) is 0.308. The second kappa shape index (κ2) is 10.4. The Morgan fingerprint density at radius 2 is 2.03 bits per heavy atom. The summed E-state index contributed by atoms with van der Waals surface area (Å²) in [6, 6.07) is 16.2. The molecule has 8 heteroatoms. The fourth-order valence-electron chi connectivity index (χ4n) is 4.21. The Morgan fingerprint density at radius 1 is 1.21 bits per heavy atom. The summed E-state index contributed by atoms with van der Waals surface area (Å²) in [6.07, 6.45) is 4.78. The zero-order valence-corrected chi connectivity index (χ0v) is 19.6. The maximum absolute atomic E-state index is 13.3. The highest BCUT2D eigenvalue weighted by Gasteiger charge is 2.23. The number of ether oxygens (including phenoxy) is 1. The van der Waals surface area contributed by atoms with E-state index in [1.807, 2.05) is 41.4 Å². The number of aromatic nitrogens is 2. The van der Waals surface area contributed by atoms with Crippen LogP contribution in [0.3, 0.4) is 0 Å². The van der Waals surface area contributed by atoms with Gasteiger partial charge in [-0.2, -0.15) is 0 Å². The van der Waals surface area contributed by atoms with E-state index in [9.17, 15) is 9.18 Å². The normalized spacial score (nSPS) is 15.6. The van der Waals surface area contributed by atoms with Crippen LogP contribution in [0.15, 0.2) is 66.2 Å². The predicted molar refractivity (Wildman–Crippen MR) is 131 cm³/mol. The number of hydrogen-bond donors (Lipinski definition) is 1. The number of imidazole rings is 1. The summed E-state index contributed by atoms with van der Waals surface area (Å²) >= 11 is 1.57. The third-order valence-electron chi connectivity index (χ3n) is 6.08. The molecule has 2 amide bonds. The van der Waals surface area contributed by atoms with E-state index in [-0.39, 0.29) is 18.0 Å². The third-order valence-corrected chi connectivity index (χ3v) is 6.97. The number of amides is 2. The molecule has 1 N–H and O–H groups in total. The molecule has 1 unspecified atom stereocenters. The van der Waals surface area contributed by atoms with Crippen LogP contribution in [-0.4, -0.2) is 46.1 Å². The summed E-state index contributed by atoms with van der Waals surface area (Å²) in [6.45, 7) is 2.42. The van der Waals surface area contributed by atoms with Crippen molar-refractivity contribution in [3.63, 3.8) is 0 Å². The average Bonchev–Trinajstić information content (AvgIpc) is 3.60. The number of carbonyl (C=O) groups is 1. The number of hydrogen-bond acceptors (Lipinski definition) is 4. The van der Waals surface area contributed by atoms with Crippen LogP contribution in [0.25, 0.3) is 16.2 Å². The number of halogens is 1. The molecule has 5 rings (SSSR count). The van der Waals surface area contributed by atoms with E-state index >= 15 is 0 Å². The van der Waals surface area contributed by atoms with Crippen molar-refractivity contribution in [2.75, 3.05) is 19.7 Å². The average molecular weight is 479 g/mol. The van der Waals surface area contributed by atoms with Gasteiger partial charge in [-0.1, -0.05) is 30.3 Å². The summed E-state index contributed by atoms with van der Waals surface area (Å²) in [5.74, 6) is -0.262. The van der Waals surface area contributed by atoms with Gasteiger partial charge >= 0.3 is 6.03 Å². The van der Waals surface area contributed by atoms with E-state index in [0.717, 1.165) is 46.9 Å². The van der Waals surface area contributed by atoms with E-state index in [4.69, 9.17) is 4.74 Å². The van der Waals surface area contributed by atoms with Crippen LogP contribution in [0.2, 0.25) is 0 Å². The van der Waals surface area contributed by atoms with E-state index < -0.39 is 0 Å². The summed E-state index contributed by atoms with van der Waals surface area (Å²) in [7, 11) is 0. The molecule has 0 aliphatic carbocycles. The highest BCUT2D eigenvalue weighted by molar-refractivity contribution is 7.15. The minimum Gasteiger partial charge on any atom is -0.376 e. The molecule has 3 heterocycles. The topological polar surface area (TPSA) is 58.9 Å². The Balaban J connectivity index is 1.28. The Bertz CT molecular complexity index is 1230. The monoisotopic (exact) mass is 478 g/mol. The van der Waals surface area contributed by atoms with Crippen LogP contribution in [0, 0.1) is 5.82 Å². The van der Waals surface area contributed by atoms with Crippen molar-refractivity contribution >= 4 is 22.3 Å². The number of rotatable bonds is 8. The van der Waals surface area contributed by atoms with Crippen LogP contribution in [0.1, 0.15) is 24.1 Å². The van der Waals surface area contributed by atoms with Crippen molar-refractivity contribution in [3.8, 4) is 11.3 Å². The van der Waals surface area contributed by atoms with Crippen LogP contribution in [0.4, 0.5) is 9.18 Å². The number of fused-ring (bicyclic) bond motifs is 1. The van der Waals surface area contributed by atoms with Gasteiger partial charge in [-0.3, -0.25) is 4.40 Å². The fourth-order valence-corrected chi connectivity index (χ4v) is 5.12. The molecule has 2 aromatic heterocycles. The Labute approximate surface area is 202 Å². The zero-order chi connectivity index (χ0) is 23.3. The molecule has 176 valence electrons. The van der Waals surface area contributed by atoms with Crippen molar-refractivity contribution in [2.24, 2.45) is 0 Å². The number of carbonyl (C=O) groups excluding carboxylic acids is 1. The van der Waals surface area contributed by atoms with Crippen molar-refractivity contribution in [2.45, 2.75) is 31.9 Å². The molecule has 0 radical (unpaired) electrons. The molecule has 34 heavy (non-hydrogen) atoms. The van der Waals surface area contributed by atoms with E-state index in [1.165, 1.54) is 12.1 Å². The van der Waals surface area contributed by atoms with Gasteiger partial charge in [0.2, 0.25) is 0 Å². The van der Waals surface area contributed by atoms with E-state index in [1.54, 1.807) is 23.5 Å². The predicted octanol–water partition coefficient (Wildman–Crippen LogP) is 5.14. The minimum atomic E-state index is -0.262. The molecular formula is C26H27FN4O2S. The summed E-state index contributed by atoms with van der Waals surface area (Å²) in [5.41, 5.74) is 3.85. The largest absolute Gasteiger partial charge is 0.376 e. The van der Waals surface area contributed by atoms with E-state index in [0.29, 0.717) is 26.1 Å². The van der Waals surface area contributed by atoms with Gasteiger partial charge in [-0.15, -0.1) is 11.3 Å². The van der Waals surface area contributed by atoms with Gasteiger partial charge < -0.3 is 15.0 Å². The van der Waals surface area contributed by atoms with Gasteiger partial charge in [0.25, 0.3) is 0 Å². The zero-order valence-electron chi connectivity index (χ0n) is 18.8. The molecule has 6 nitrogen and oxygen atoms in total. The molecule has 0 saturated carbocycles. The molecule has 0 bridgehead atoms. The number of benzene rings is 2. The first-order valence-corrected chi connectivity index (χ1v) is 12.4. The Morgan fingerprint density at radius 3 is 2.79 bits per heavy atom. The van der Waals surface area contributed by atoms with Crippen LogP contribution >= 0.6 is 11.3 Å². The highest BCUT2D eigenvalue weighted by atomic mass is 32.1. The molecule has 4 aromatic rings. The van der Waals surface area contributed by atoms with Gasteiger partial charge in [0.15, 0.2) is 4.96 Å². The van der Waals surface area contributed by atoms with E-state index in [2.05, 4.69) is 20.1 Å². The minimum absolute atomic E-state index is 0.0801. The summed E-state index contributed by atoms with van der Waals surface area (Å²) in [5, 5.41) is 5.14. The van der Waals surface area contributed by atoms with Crippen molar-refractivity contribution in [1.82, 2.24) is 19.6 Å². The summed E-state index contributed by atoms with van der Waals surface area (Å²) in [4.78, 5) is 20.5. The summed E-state index contributed by atoms with van der Waals surface area (Å²) < 4.78 is 21.1. The SMILES string of the molecule is O=C(NCc1ccccc1)N(CCc1csc2nc(-c3ccc(F)cc3)cn12)CC1CCCO1. The number of thiazole rings is 1. The highest BCUT2D eigenvalue weighted by Crippen LogP contribution is 2.24. The maximum atomic E-state index is 13.3. The molecular weight excluding hydrogens is 451 g/mol. The lowest BCUT2D eigenvalue weighted by Gasteiger charge is -2.25. The smallest absolute Gasteiger partial charge is 0.317 e. The van der Waals surface area contributed by atoms with Crippen LogP contribution in [-0.2, 0) is 17.7 Å². The maximum Gasteiger partial charge on any atom is 0.317 e. The third kappa shape index (κ3) is 5.29. The quantitative estimate of drug-likeness (QED) is 0.382. The first kappa shape index (κ1) is 22.6. The van der Waals surface area contributed by atoms with Gasteiger partial charge in [-0.05, 0) is 42.7 Å². The second-order valence-electron chi connectivity index (χ2n) is 8.49. The first-order valence-electron chi connectivity index (χ1n) is 11.6. The number of nitrogens with zero attached hydrogens (tertiary/aromatic N) is 3. The molecule has 2 aromatic carbocycles. The van der Waals surface area contributed by atoms with Crippen LogP contribution < -0.4 is 5.32 Å². The van der Waals surface area contributed by atoms with Crippen molar-refractivity contribution in [1.29, 1.82) is 0 Å². The molecule has 1 fully saturated rings. The van der Waals surface area contributed by atoms with Crippen molar-refractivity contribution in [3.05, 3.63) is 83.2 Å². The molecule has 0 spiro atoms.